The fourth-order valence-electron chi connectivity index (χ4n) is 3.07. The molecule has 0 unspecified atom stereocenters. The quantitative estimate of drug-likeness (QED) is 0.757. The molecule has 0 atom stereocenters. The lowest BCUT2D eigenvalue weighted by atomic mass is 9.95. The Morgan fingerprint density at radius 2 is 1.74 bits per heavy atom. The third kappa shape index (κ3) is 4.44. The Hall–Kier alpha value is -1.62. The summed E-state index contributed by atoms with van der Waals surface area (Å²) < 4.78 is 1.08. The second-order valence-corrected chi connectivity index (χ2v) is 7.16. The van der Waals surface area contributed by atoms with E-state index in [4.69, 9.17) is 0 Å². The summed E-state index contributed by atoms with van der Waals surface area (Å²) in [5, 5.41) is 6.98. The minimum atomic E-state index is 0.542. The SMILES string of the molecule is Cc1nc(Nc2ccc(Br)cc2C)cc(NC2CCCCC2)n1. The topological polar surface area (TPSA) is 49.8 Å². The second kappa shape index (κ2) is 7.30. The van der Waals surface area contributed by atoms with Gasteiger partial charge in [0.05, 0.1) is 0 Å². The first-order valence-corrected chi connectivity index (χ1v) is 9.05. The van der Waals surface area contributed by atoms with E-state index in [1.807, 2.05) is 19.1 Å². The Bertz CT molecular complexity index is 681. The van der Waals surface area contributed by atoms with Crippen molar-refractivity contribution in [2.45, 2.75) is 52.0 Å². The van der Waals surface area contributed by atoms with Gasteiger partial charge in [-0.05, 0) is 50.5 Å². The number of rotatable bonds is 4. The van der Waals surface area contributed by atoms with E-state index in [2.05, 4.69) is 55.6 Å². The van der Waals surface area contributed by atoms with Crippen LogP contribution < -0.4 is 10.6 Å². The summed E-state index contributed by atoms with van der Waals surface area (Å²) in [6.07, 6.45) is 6.45. The average molecular weight is 375 g/mol. The molecule has 1 aromatic heterocycles. The van der Waals surface area contributed by atoms with E-state index >= 15 is 0 Å². The molecule has 0 aliphatic heterocycles. The van der Waals surface area contributed by atoms with Gasteiger partial charge in [0.1, 0.15) is 17.5 Å². The van der Waals surface area contributed by atoms with Crippen molar-refractivity contribution in [1.82, 2.24) is 9.97 Å². The van der Waals surface area contributed by atoms with Crippen LogP contribution in [0, 0.1) is 13.8 Å². The third-order valence-electron chi connectivity index (χ3n) is 4.25. The van der Waals surface area contributed by atoms with E-state index in [9.17, 15) is 0 Å². The first-order valence-electron chi connectivity index (χ1n) is 8.25. The van der Waals surface area contributed by atoms with E-state index in [0.717, 1.165) is 27.6 Å². The van der Waals surface area contributed by atoms with Gasteiger partial charge in [-0.1, -0.05) is 35.2 Å². The molecule has 1 aliphatic carbocycles. The highest BCUT2D eigenvalue weighted by molar-refractivity contribution is 9.10. The summed E-state index contributed by atoms with van der Waals surface area (Å²) in [5.41, 5.74) is 2.24. The van der Waals surface area contributed by atoms with Gasteiger partial charge < -0.3 is 10.6 Å². The zero-order valence-electron chi connectivity index (χ0n) is 13.7. The maximum atomic E-state index is 4.54. The van der Waals surface area contributed by atoms with E-state index in [-0.39, 0.29) is 0 Å². The summed E-state index contributed by atoms with van der Waals surface area (Å²) in [5.74, 6) is 2.53. The van der Waals surface area contributed by atoms with Crippen molar-refractivity contribution < 1.29 is 0 Å². The van der Waals surface area contributed by atoms with Gasteiger partial charge in [0.15, 0.2) is 0 Å². The first kappa shape index (κ1) is 16.2. The van der Waals surface area contributed by atoms with Gasteiger partial charge in [-0.2, -0.15) is 0 Å². The van der Waals surface area contributed by atoms with Crippen molar-refractivity contribution in [2.75, 3.05) is 10.6 Å². The predicted octanol–water partition coefficient (Wildman–Crippen LogP) is 5.34. The molecule has 122 valence electrons. The molecule has 2 aromatic rings. The molecule has 23 heavy (non-hydrogen) atoms. The molecular formula is C18H23BrN4. The summed E-state index contributed by atoms with van der Waals surface area (Å²) in [7, 11) is 0. The summed E-state index contributed by atoms with van der Waals surface area (Å²) in [4.78, 5) is 9.05. The van der Waals surface area contributed by atoms with E-state index in [0.29, 0.717) is 6.04 Å². The highest BCUT2D eigenvalue weighted by Gasteiger charge is 2.14. The minimum Gasteiger partial charge on any atom is -0.367 e. The zero-order valence-corrected chi connectivity index (χ0v) is 15.3. The van der Waals surface area contributed by atoms with Gasteiger partial charge in [0.25, 0.3) is 0 Å². The Kier molecular flexibility index (Phi) is 5.16. The number of nitrogens with one attached hydrogen (secondary N) is 2. The van der Waals surface area contributed by atoms with E-state index < -0.39 is 0 Å². The molecular weight excluding hydrogens is 352 g/mol. The van der Waals surface area contributed by atoms with Crippen LogP contribution in [0.15, 0.2) is 28.7 Å². The summed E-state index contributed by atoms with van der Waals surface area (Å²) >= 11 is 3.50. The molecule has 1 aromatic carbocycles. The van der Waals surface area contributed by atoms with Crippen LogP contribution in [-0.2, 0) is 0 Å². The number of benzene rings is 1. The van der Waals surface area contributed by atoms with Crippen molar-refractivity contribution in [2.24, 2.45) is 0 Å². The van der Waals surface area contributed by atoms with E-state index in [1.54, 1.807) is 0 Å². The molecule has 1 heterocycles. The summed E-state index contributed by atoms with van der Waals surface area (Å²) in [6, 6.07) is 8.73. The fourth-order valence-corrected chi connectivity index (χ4v) is 3.54. The van der Waals surface area contributed by atoms with Gasteiger partial charge in [0.2, 0.25) is 0 Å². The van der Waals surface area contributed by atoms with Gasteiger partial charge in [-0.3, -0.25) is 0 Å². The maximum absolute atomic E-state index is 4.54. The molecule has 1 fully saturated rings. The van der Waals surface area contributed by atoms with Crippen LogP contribution in [-0.4, -0.2) is 16.0 Å². The Balaban J connectivity index is 1.76. The Morgan fingerprint density at radius 3 is 2.48 bits per heavy atom. The van der Waals surface area contributed by atoms with Crippen LogP contribution in [0.1, 0.15) is 43.5 Å². The van der Waals surface area contributed by atoms with Gasteiger partial charge in [0, 0.05) is 22.3 Å². The molecule has 0 amide bonds. The van der Waals surface area contributed by atoms with Crippen LogP contribution in [0.25, 0.3) is 0 Å². The van der Waals surface area contributed by atoms with Crippen molar-refractivity contribution in [3.63, 3.8) is 0 Å². The standard InChI is InChI=1S/C18H23BrN4/c1-12-10-14(19)8-9-16(12)23-18-11-17(20-13(2)21-18)22-15-6-4-3-5-7-15/h8-11,15H,3-7H2,1-2H3,(H2,20,21,22,23). The number of anilines is 3. The van der Waals surface area contributed by atoms with Crippen molar-refractivity contribution in [3.8, 4) is 0 Å². The molecule has 0 spiro atoms. The molecule has 4 nitrogen and oxygen atoms in total. The van der Waals surface area contributed by atoms with Crippen molar-refractivity contribution >= 4 is 33.3 Å². The van der Waals surface area contributed by atoms with E-state index in [1.165, 1.54) is 37.7 Å². The monoisotopic (exact) mass is 374 g/mol. The number of hydrogen-bond acceptors (Lipinski definition) is 4. The van der Waals surface area contributed by atoms with Crippen LogP contribution in [0.3, 0.4) is 0 Å². The number of aromatic nitrogens is 2. The smallest absolute Gasteiger partial charge is 0.136 e. The molecule has 0 radical (unpaired) electrons. The van der Waals surface area contributed by atoms with Crippen LogP contribution >= 0.6 is 15.9 Å². The highest BCUT2D eigenvalue weighted by atomic mass is 79.9. The maximum Gasteiger partial charge on any atom is 0.136 e. The van der Waals surface area contributed by atoms with Crippen LogP contribution in [0.4, 0.5) is 17.3 Å². The molecule has 0 saturated heterocycles. The lowest BCUT2D eigenvalue weighted by molar-refractivity contribution is 0.462. The minimum absolute atomic E-state index is 0.542. The predicted molar refractivity (Wildman–Crippen MR) is 99.4 cm³/mol. The van der Waals surface area contributed by atoms with Crippen molar-refractivity contribution in [1.29, 1.82) is 0 Å². The first-order chi connectivity index (χ1) is 11.1. The fraction of sp³-hybridized carbons (Fsp3) is 0.444. The number of nitrogens with zero attached hydrogens (tertiary/aromatic N) is 2. The Morgan fingerprint density at radius 1 is 1.00 bits per heavy atom. The molecule has 3 rings (SSSR count). The number of halogens is 1. The van der Waals surface area contributed by atoms with Gasteiger partial charge in [-0.25, -0.2) is 9.97 Å². The molecule has 1 aliphatic rings. The zero-order chi connectivity index (χ0) is 16.2. The molecule has 1 saturated carbocycles. The molecule has 5 heteroatoms. The van der Waals surface area contributed by atoms with Crippen LogP contribution in [0.5, 0.6) is 0 Å². The van der Waals surface area contributed by atoms with Gasteiger partial charge >= 0.3 is 0 Å². The average Bonchev–Trinajstić information content (AvgIpc) is 2.50. The molecule has 2 N–H and O–H groups in total. The third-order valence-corrected chi connectivity index (χ3v) is 4.74. The molecule has 0 bridgehead atoms. The Labute approximate surface area is 146 Å². The lowest BCUT2D eigenvalue weighted by Gasteiger charge is -2.23. The van der Waals surface area contributed by atoms with Crippen LogP contribution in [0.2, 0.25) is 0 Å². The number of hydrogen-bond donors (Lipinski definition) is 2. The summed E-state index contributed by atoms with van der Waals surface area (Å²) in [6.45, 7) is 4.02. The normalized spacial score (nSPS) is 15.4. The largest absolute Gasteiger partial charge is 0.367 e. The van der Waals surface area contributed by atoms with Gasteiger partial charge in [-0.15, -0.1) is 0 Å². The lowest BCUT2D eigenvalue weighted by Crippen LogP contribution is -2.23. The number of aryl methyl sites for hydroxylation is 2. The van der Waals surface area contributed by atoms with Crippen molar-refractivity contribution in [3.05, 3.63) is 40.1 Å². The second-order valence-electron chi connectivity index (χ2n) is 6.25. The highest BCUT2D eigenvalue weighted by Crippen LogP contribution is 2.25.